The van der Waals surface area contributed by atoms with Gasteiger partial charge in [-0.1, -0.05) is 94.8 Å². The fourth-order valence-electron chi connectivity index (χ4n) is 4.20. The Bertz CT molecular complexity index is 908. The van der Waals surface area contributed by atoms with Gasteiger partial charge in [-0.3, -0.25) is 0 Å². The van der Waals surface area contributed by atoms with Gasteiger partial charge >= 0.3 is 0 Å². The molecule has 0 amide bonds. The minimum Gasteiger partial charge on any atom is -0.0656 e. The fraction of sp³-hybridized carbons (Fsp3) is 0.308. The third kappa shape index (κ3) is 2.88. The maximum Gasteiger partial charge on any atom is 0.0159 e. The average molecular weight is 343 g/mol. The molecule has 0 heteroatoms. The predicted molar refractivity (Wildman–Crippen MR) is 115 cm³/mol. The smallest absolute Gasteiger partial charge is 0.0159 e. The second-order valence-corrected chi connectivity index (χ2v) is 7.87. The van der Waals surface area contributed by atoms with E-state index in [2.05, 4.69) is 102 Å². The molecule has 0 heterocycles. The standard InChI is InChI=1S/C23H22.C3H8/c1-15-9-7-10-16(2)21(15)18-12-8-14-20-22(18)17-11-5-6-13-19(17)23(20,3)4;1-3-2/h5-14H,1-4H3;3H2,1-2H3. The van der Waals surface area contributed by atoms with Crippen LogP contribution in [0.1, 0.15) is 56.4 Å². The maximum absolute atomic E-state index is 2.34. The minimum atomic E-state index is 0.0680. The molecule has 0 radical (unpaired) electrons. The molecular weight excluding hydrogens is 312 g/mol. The van der Waals surface area contributed by atoms with Crippen LogP contribution in [0.4, 0.5) is 0 Å². The van der Waals surface area contributed by atoms with Crippen LogP contribution in [0.25, 0.3) is 22.3 Å². The van der Waals surface area contributed by atoms with Gasteiger partial charge < -0.3 is 0 Å². The Labute approximate surface area is 158 Å². The molecule has 0 bridgehead atoms. The summed E-state index contributed by atoms with van der Waals surface area (Å²) in [5, 5.41) is 0. The van der Waals surface area contributed by atoms with Crippen LogP contribution in [0.15, 0.2) is 60.7 Å². The number of hydrogen-bond donors (Lipinski definition) is 0. The zero-order valence-corrected chi connectivity index (χ0v) is 17.0. The van der Waals surface area contributed by atoms with E-state index in [9.17, 15) is 0 Å². The Morgan fingerprint density at radius 2 is 1.12 bits per heavy atom. The van der Waals surface area contributed by atoms with Crippen LogP contribution in [0.5, 0.6) is 0 Å². The lowest BCUT2D eigenvalue weighted by molar-refractivity contribution is 0.660. The Hall–Kier alpha value is -2.34. The van der Waals surface area contributed by atoms with Crippen LogP contribution in [0, 0.1) is 13.8 Å². The van der Waals surface area contributed by atoms with Crippen molar-refractivity contribution in [1.82, 2.24) is 0 Å². The van der Waals surface area contributed by atoms with Crippen molar-refractivity contribution in [2.45, 2.75) is 53.4 Å². The summed E-state index contributed by atoms with van der Waals surface area (Å²) >= 11 is 0. The second kappa shape index (κ2) is 7.11. The van der Waals surface area contributed by atoms with Crippen LogP contribution < -0.4 is 0 Å². The molecule has 3 aromatic carbocycles. The lowest BCUT2D eigenvalue weighted by atomic mass is 9.81. The Morgan fingerprint density at radius 3 is 1.77 bits per heavy atom. The van der Waals surface area contributed by atoms with Crippen LogP contribution in [0.3, 0.4) is 0 Å². The second-order valence-electron chi connectivity index (χ2n) is 7.87. The molecule has 0 spiro atoms. The highest BCUT2D eigenvalue weighted by Crippen LogP contribution is 2.52. The zero-order chi connectivity index (χ0) is 18.9. The Balaban J connectivity index is 0.000000613. The van der Waals surface area contributed by atoms with E-state index in [4.69, 9.17) is 0 Å². The van der Waals surface area contributed by atoms with E-state index in [0.717, 1.165) is 0 Å². The Kier molecular flexibility index (Phi) is 5.05. The predicted octanol–water partition coefficient (Wildman–Crippen LogP) is 7.69. The van der Waals surface area contributed by atoms with Crippen LogP contribution in [-0.4, -0.2) is 0 Å². The zero-order valence-electron chi connectivity index (χ0n) is 17.0. The first-order valence-electron chi connectivity index (χ1n) is 9.73. The highest BCUT2D eigenvalue weighted by atomic mass is 14.4. The molecule has 0 nitrogen and oxygen atoms in total. The summed E-state index contributed by atoms with van der Waals surface area (Å²) < 4.78 is 0. The number of hydrogen-bond acceptors (Lipinski definition) is 0. The van der Waals surface area contributed by atoms with Gasteiger partial charge in [-0.2, -0.15) is 0 Å². The van der Waals surface area contributed by atoms with Crippen molar-refractivity contribution in [3.63, 3.8) is 0 Å². The largest absolute Gasteiger partial charge is 0.0656 e. The van der Waals surface area contributed by atoms with Gasteiger partial charge in [0.15, 0.2) is 0 Å². The molecule has 134 valence electrons. The number of benzene rings is 3. The Morgan fingerprint density at radius 1 is 0.615 bits per heavy atom. The normalized spacial score (nSPS) is 13.5. The minimum absolute atomic E-state index is 0.0680. The summed E-state index contributed by atoms with van der Waals surface area (Å²) in [6.07, 6.45) is 1.25. The SMILES string of the molecule is CCC.Cc1cccc(C)c1-c1cccc2c1-c1ccccc1C2(C)C. The first kappa shape index (κ1) is 18.5. The van der Waals surface area contributed by atoms with Gasteiger partial charge in [-0.25, -0.2) is 0 Å². The first-order chi connectivity index (χ1) is 12.4. The third-order valence-electron chi connectivity index (χ3n) is 5.36. The topological polar surface area (TPSA) is 0 Å². The molecule has 0 unspecified atom stereocenters. The highest BCUT2D eigenvalue weighted by Gasteiger charge is 2.36. The van der Waals surface area contributed by atoms with E-state index in [1.54, 1.807) is 0 Å². The van der Waals surface area contributed by atoms with E-state index in [-0.39, 0.29) is 5.41 Å². The molecule has 0 saturated heterocycles. The monoisotopic (exact) mass is 342 g/mol. The van der Waals surface area contributed by atoms with E-state index in [1.165, 1.54) is 50.9 Å². The number of rotatable bonds is 1. The third-order valence-corrected chi connectivity index (χ3v) is 5.36. The summed E-state index contributed by atoms with van der Waals surface area (Å²) in [6, 6.07) is 22.3. The quantitative estimate of drug-likeness (QED) is 0.425. The number of aryl methyl sites for hydroxylation is 2. The highest BCUT2D eigenvalue weighted by molar-refractivity contribution is 5.93. The fourth-order valence-corrected chi connectivity index (χ4v) is 4.20. The van der Waals surface area contributed by atoms with Gasteiger partial charge in [-0.05, 0) is 58.4 Å². The van der Waals surface area contributed by atoms with Crippen molar-refractivity contribution in [3.8, 4) is 22.3 Å². The van der Waals surface area contributed by atoms with E-state index in [0.29, 0.717) is 0 Å². The molecule has 26 heavy (non-hydrogen) atoms. The van der Waals surface area contributed by atoms with Crippen LogP contribution >= 0.6 is 0 Å². The maximum atomic E-state index is 2.34. The van der Waals surface area contributed by atoms with Gasteiger partial charge in [-0.15, -0.1) is 0 Å². The van der Waals surface area contributed by atoms with Crippen molar-refractivity contribution >= 4 is 0 Å². The van der Waals surface area contributed by atoms with E-state index < -0.39 is 0 Å². The van der Waals surface area contributed by atoms with Gasteiger partial charge in [0.1, 0.15) is 0 Å². The summed E-state index contributed by atoms with van der Waals surface area (Å²) in [7, 11) is 0. The molecule has 0 N–H and O–H groups in total. The molecule has 1 aliphatic carbocycles. The molecule has 0 atom stereocenters. The van der Waals surface area contributed by atoms with E-state index >= 15 is 0 Å². The molecule has 0 aliphatic heterocycles. The summed E-state index contributed by atoms with van der Waals surface area (Å²) in [4.78, 5) is 0. The molecular formula is C26H30. The van der Waals surface area contributed by atoms with Gasteiger partial charge in [0.2, 0.25) is 0 Å². The first-order valence-corrected chi connectivity index (χ1v) is 9.73. The summed E-state index contributed by atoms with van der Waals surface area (Å²) in [6.45, 7) is 13.4. The lowest BCUT2D eigenvalue weighted by Crippen LogP contribution is -2.14. The summed E-state index contributed by atoms with van der Waals surface area (Å²) in [5.41, 5.74) is 11.2. The van der Waals surface area contributed by atoms with Crippen LogP contribution in [0.2, 0.25) is 0 Å². The molecule has 1 aliphatic rings. The van der Waals surface area contributed by atoms with Crippen molar-refractivity contribution < 1.29 is 0 Å². The van der Waals surface area contributed by atoms with Gasteiger partial charge in [0.25, 0.3) is 0 Å². The average Bonchev–Trinajstić information content (AvgIpc) is 2.85. The molecule has 3 aromatic rings. The molecule has 0 aromatic heterocycles. The summed E-state index contributed by atoms with van der Waals surface area (Å²) in [5.74, 6) is 0. The lowest BCUT2D eigenvalue weighted by Gasteiger charge is -2.22. The van der Waals surface area contributed by atoms with Crippen molar-refractivity contribution in [2.24, 2.45) is 0 Å². The van der Waals surface area contributed by atoms with Gasteiger partial charge in [0, 0.05) is 5.41 Å². The van der Waals surface area contributed by atoms with Crippen LogP contribution in [-0.2, 0) is 5.41 Å². The molecule has 0 fully saturated rings. The molecule has 4 rings (SSSR count). The molecule has 0 saturated carbocycles. The van der Waals surface area contributed by atoms with Gasteiger partial charge in [0.05, 0.1) is 0 Å². The number of fused-ring (bicyclic) bond motifs is 3. The van der Waals surface area contributed by atoms with Crippen molar-refractivity contribution in [3.05, 3.63) is 82.9 Å². The van der Waals surface area contributed by atoms with E-state index in [1.807, 2.05) is 0 Å². The van der Waals surface area contributed by atoms with Crippen molar-refractivity contribution in [1.29, 1.82) is 0 Å². The van der Waals surface area contributed by atoms with Crippen molar-refractivity contribution in [2.75, 3.05) is 0 Å².